The predicted octanol–water partition coefficient (Wildman–Crippen LogP) is 5.64. The van der Waals surface area contributed by atoms with Gasteiger partial charge in [0.1, 0.15) is 5.75 Å². The van der Waals surface area contributed by atoms with Crippen molar-refractivity contribution in [3.8, 4) is 23.0 Å². The summed E-state index contributed by atoms with van der Waals surface area (Å²) in [7, 11) is 4.54. The van der Waals surface area contributed by atoms with E-state index >= 15 is 0 Å². The number of furan rings is 1. The summed E-state index contributed by atoms with van der Waals surface area (Å²) in [5.74, 6) is -0.201. The number of ether oxygens (including phenoxy) is 4. The predicted molar refractivity (Wildman–Crippen MR) is 144 cm³/mol. The number of benzene rings is 3. The van der Waals surface area contributed by atoms with Crippen LogP contribution in [0.15, 0.2) is 82.5 Å². The molecule has 0 bridgehead atoms. The fraction of sp³-hybridized carbons (Fsp3) is 0.200. The van der Waals surface area contributed by atoms with Crippen LogP contribution < -0.4 is 23.8 Å². The Labute approximate surface area is 224 Å². The van der Waals surface area contributed by atoms with Crippen molar-refractivity contribution in [2.24, 2.45) is 0 Å². The van der Waals surface area contributed by atoms with Gasteiger partial charge in [-0.1, -0.05) is 24.3 Å². The Kier molecular flexibility index (Phi) is 6.89. The molecule has 4 aromatic rings. The standard InChI is InChI=1S/C30H27NO8/c1-5-38-23-14-17(12-13-21(23)36-3)26-25(27(32)24-15-18-8-6-11-22(37-4)29(18)39-24)28(33)30(34)31(26)19-9-7-10-20(16-19)35-2/h6-16,26,33H,5H2,1-4H3. The van der Waals surface area contributed by atoms with Crippen molar-refractivity contribution in [1.29, 1.82) is 0 Å². The summed E-state index contributed by atoms with van der Waals surface area (Å²) < 4.78 is 27.8. The van der Waals surface area contributed by atoms with E-state index < -0.39 is 23.5 Å². The van der Waals surface area contributed by atoms with Crippen LogP contribution in [-0.4, -0.2) is 44.7 Å². The fourth-order valence-electron chi connectivity index (χ4n) is 4.75. The maximum absolute atomic E-state index is 14.0. The number of carbonyl (C=O) groups excluding carboxylic acids is 2. The second-order valence-corrected chi connectivity index (χ2v) is 8.70. The van der Waals surface area contributed by atoms with Crippen molar-refractivity contribution >= 4 is 28.3 Å². The van der Waals surface area contributed by atoms with Gasteiger partial charge < -0.3 is 28.5 Å². The molecule has 0 spiro atoms. The van der Waals surface area contributed by atoms with Gasteiger partial charge in [0, 0.05) is 17.1 Å². The summed E-state index contributed by atoms with van der Waals surface area (Å²) in [6, 6.07) is 17.8. The van der Waals surface area contributed by atoms with Crippen molar-refractivity contribution in [3.05, 3.63) is 89.4 Å². The normalized spacial score (nSPS) is 15.1. The molecule has 9 heteroatoms. The highest BCUT2D eigenvalue weighted by molar-refractivity contribution is 6.20. The van der Waals surface area contributed by atoms with E-state index in [1.54, 1.807) is 66.7 Å². The number of hydrogen-bond donors (Lipinski definition) is 1. The summed E-state index contributed by atoms with van der Waals surface area (Å²) in [6.07, 6.45) is 0. The molecule has 200 valence electrons. The molecule has 3 aromatic carbocycles. The molecular weight excluding hydrogens is 502 g/mol. The average molecular weight is 530 g/mol. The molecule has 2 heterocycles. The van der Waals surface area contributed by atoms with Crippen LogP contribution in [-0.2, 0) is 4.79 Å². The third-order valence-electron chi connectivity index (χ3n) is 6.54. The lowest BCUT2D eigenvalue weighted by molar-refractivity contribution is -0.117. The van der Waals surface area contributed by atoms with Crippen LogP contribution in [0.5, 0.6) is 23.0 Å². The van der Waals surface area contributed by atoms with Crippen LogP contribution in [0.2, 0.25) is 0 Å². The molecule has 0 saturated carbocycles. The molecule has 1 aliphatic heterocycles. The zero-order valence-corrected chi connectivity index (χ0v) is 21.9. The first-order valence-corrected chi connectivity index (χ1v) is 12.2. The third-order valence-corrected chi connectivity index (χ3v) is 6.54. The Morgan fingerprint density at radius 3 is 2.41 bits per heavy atom. The maximum atomic E-state index is 14.0. The van der Waals surface area contributed by atoms with Gasteiger partial charge in [-0.25, -0.2) is 0 Å². The summed E-state index contributed by atoms with van der Waals surface area (Å²) in [5.41, 5.74) is 1.21. The van der Waals surface area contributed by atoms with Crippen molar-refractivity contribution in [1.82, 2.24) is 0 Å². The Bertz CT molecular complexity index is 1600. The Morgan fingerprint density at radius 2 is 1.69 bits per heavy atom. The zero-order chi connectivity index (χ0) is 27.7. The minimum absolute atomic E-state index is 0.0418. The van der Waals surface area contributed by atoms with E-state index in [9.17, 15) is 14.7 Å². The van der Waals surface area contributed by atoms with Crippen molar-refractivity contribution < 1.29 is 38.1 Å². The number of methoxy groups -OCH3 is 3. The third kappa shape index (κ3) is 4.41. The van der Waals surface area contributed by atoms with Gasteiger partial charge in [0.25, 0.3) is 5.91 Å². The van der Waals surface area contributed by atoms with Crippen LogP contribution >= 0.6 is 0 Å². The molecule has 5 rings (SSSR count). The number of Topliss-reactive ketones (excluding diaryl/α,β-unsaturated/α-hetero) is 1. The topological polar surface area (TPSA) is 108 Å². The van der Waals surface area contributed by atoms with Crippen molar-refractivity contribution in [2.75, 3.05) is 32.8 Å². The highest BCUT2D eigenvalue weighted by Crippen LogP contribution is 2.45. The molecule has 1 atom stereocenters. The number of hydrogen-bond acceptors (Lipinski definition) is 8. The van der Waals surface area contributed by atoms with E-state index in [2.05, 4.69) is 0 Å². The average Bonchev–Trinajstić information content (AvgIpc) is 3.52. The van der Waals surface area contributed by atoms with Gasteiger partial charge in [-0.15, -0.1) is 0 Å². The largest absolute Gasteiger partial charge is 0.503 e. The number of carbonyl (C=O) groups is 2. The lowest BCUT2D eigenvalue weighted by Gasteiger charge is -2.27. The Hall–Kier alpha value is -4.92. The van der Waals surface area contributed by atoms with Gasteiger partial charge >= 0.3 is 0 Å². The quantitative estimate of drug-likeness (QED) is 0.278. The first-order valence-electron chi connectivity index (χ1n) is 12.2. The van der Waals surface area contributed by atoms with Gasteiger partial charge in [-0.3, -0.25) is 14.5 Å². The minimum atomic E-state index is -1.00. The molecule has 1 aliphatic rings. The van der Waals surface area contributed by atoms with Crippen LogP contribution in [0.25, 0.3) is 11.0 Å². The van der Waals surface area contributed by atoms with E-state index in [4.69, 9.17) is 23.4 Å². The molecule has 0 fully saturated rings. The second kappa shape index (κ2) is 10.4. The van der Waals surface area contributed by atoms with E-state index in [0.717, 1.165) is 0 Å². The number of rotatable bonds is 9. The van der Waals surface area contributed by atoms with E-state index in [-0.39, 0.29) is 11.3 Å². The monoisotopic (exact) mass is 529 g/mol. The molecule has 0 saturated heterocycles. The highest BCUT2D eigenvalue weighted by atomic mass is 16.5. The number of nitrogens with zero attached hydrogens (tertiary/aromatic N) is 1. The number of fused-ring (bicyclic) bond motifs is 1. The zero-order valence-electron chi connectivity index (χ0n) is 21.9. The number of anilines is 1. The van der Waals surface area contributed by atoms with Gasteiger partial charge in [0.2, 0.25) is 5.78 Å². The Morgan fingerprint density at radius 1 is 0.923 bits per heavy atom. The number of aliphatic hydroxyl groups excluding tert-OH is 1. The number of amides is 1. The number of ketones is 1. The molecule has 1 unspecified atom stereocenters. The van der Waals surface area contributed by atoms with Gasteiger partial charge in [0.15, 0.2) is 34.4 Å². The number of para-hydroxylation sites is 1. The molecule has 1 aromatic heterocycles. The molecule has 1 amide bonds. The van der Waals surface area contributed by atoms with Crippen molar-refractivity contribution in [2.45, 2.75) is 13.0 Å². The van der Waals surface area contributed by atoms with Gasteiger partial charge in [-0.2, -0.15) is 0 Å². The van der Waals surface area contributed by atoms with E-state index in [1.165, 1.54) is 26.2 Å². The molecule has 1 N–H and O–H groups in total. The summed E-state index contributed by atoms with van der Waals surface area (Å²) in [4.78, 5) is 28.9. The van der Waals surface area contributed by atoms with Crippen LogP contribution in [0, 0.1) is 0 Å². The van der Waals surface area contributed by atoms with E-state index in [0.29, 0.717) is 51.8 Å². The van der Waals surface area contributed by atoms with Crippen LogP contribution in [0.4, 0.5) is 5.69 Å². The molecule has 9 nitrogen and oxygen atoms in total. The highest BCUT2D eigenvalue weighted by Gasteiger charge is 2.45. The molecular formula is C30H27NO8. The molecule has 39 heavy (non-hydrogen) atoms. The van der Waals surface area contributed by atoms with Gasteiger partial charge in [-0.05, 0) is 48.9 Å². The first-order chi connectivity index (χ1) is 18.9. The van der Waals surface area contributed by atoms with Crippen LogP contribution in [0.1, 0.15) is 29.1 Å². The lowest BCUT2D eigenvalue weighted by Crippen LogP contribution is -2.31. The maximum Gasteiger partial charge on any atom is 0.294 e. The smallest absolute Gasteiger partial charge is 0.294 e. The lowest BCUT2D eigenvalue weighted by atomic mass is 9.94. The van der Waals surface area contributed by atoms with Gasteiger partial charge in [0.05, 0.1) is 39.6 Å². The van der Waals surface area contributed by atoms with Crippen molar-refractivity contribution in [3.63, 3.8) is 0 Å². The second-order valence-electron chi connectivity index (χ2n) is 8.70. The SMILES string of the molecule is CCOc1cc(C2C(C(=O)c3cc4cccc(OC)c4o3)=C(O)C(=O)N2c2cccc(OC)c2)ccc1OC. The molecule has 0 radical (unpaired) electrons. The fourth-order valence-corrected chi connectivity index (χ4v) is 4.75. The minimum Gasteiger partial charge on any atom is -0.503 e. The first kappa shape index (κ1) is 25.7. The van der Waals surface area contributed by atoms with Crippen LogP contribution in [0.3, 0.4) is 0 Å². The summed E-state index contributed by atoms with van der Waals surface area (Å²) in [5, 5.41) is 11.8. The number of aliphatic hydroxyl groups is 1. The summed E-state index contributed by atoms with van der Waals surface area (Å²) >= 11 is 0. The Balaban J connectivity index is 1.69. The summed E-state index contributed by atoms with van der Waals surface area (Å²) in [6.45, 7) is 2.21. The van der Waals surface area contributed by atoms with E-state index in [1.807, 2.05) is 6.92 Å². The molecule has 0 aliphatic carbocycles.